The molecule has 15 heavy (non-hydrogen) atoms. The van der Waals surface area contributed by atoms with Gasteiger partial charge in [0.25, 0.3) is 5.88 Å². The van der Waals surface area contributed by atoms with Crippen LogP contribution in [0.25, 0.3) is 0 Å². The van der Waals surface area contributed by atoms with Crippen LogP contribution >= 0.6 is 11.5 Å². The van der Waals surface area contributed by atoms with Crippen LogP contribution in [0.3, 0.4) is 0 Å². The molecule has 0 aliphatic rings. The lowest BCUT2D eigenvalue weighted by Gasteiger charge is -2.02. The van der Waals surface area contributed by atoms with Gasteiger partial charge in [-0.15, -0.1) is 0 Å². The van der Waals surface area contributed by atoms with Crippen molar-refractivity contribution in [2.75, 3.05) is 0 Å². The number of nitrogen functional groups attached to an aromatic ring is 1. The monoisotopic (exact) mass is 220 g/mol. The highest BCUT2D eigenvalue weighted by atomic mass is 32.1. The summed E-state index contributed by atoms with van der Waals surface area (Å²) in [7, 11) is 0. The Labute approximate surface area is 90.2 Å². The van der Waals surface area contributed by atoms with Crippen molar-refractivity contribution in [1.29, 1.82) is 5.41 Å². The Balaban J connectivity index is 2.14. The van der Waals surface area contributed by atoms with E-state index in [0.717, 1.165) is 0 Å². The van der Waals surface area contributed by atoms with Gasteiger partial charge in [-0.25, -0.2) is 0 Å². The number of hydrogen-bond acceptors (Lipinski definition) is 5. The van der Waals surface area contributed by atoms with Gasteiger partial charge < -0.3 is 10.5 Å². The lowest BCUT2D eigenvalue weighted by molar-refractivity contribution is 0.461. The van der Waals surface area contributed by atoms with Crippen molar-refractivity contribution < 1.29 is 4.74 Å². The van der Waals surface area contributed by atoms with Crippen LogP contribution in [0.2, 0.25) is 0 Å². The summed E-state index contributed by atoms with van der Waals surface area (Å²) in [5.41, 5.74) is 5.99. The number of ether oxygens (including phenoxy) is 1. The molecule has 1 heterocycles. The SMILES string of the molecule is N=C(N)c1ccc(Oc2csnn2)cc1. The van der Waals surface area contributed by atoms with Crippen LogP contribution in [0.15, 0.2) is 29.6 Å². The molecule has 0 fully saturated rings. The largest absolute Gasteiger partial charge is 0.437 e. The third kappa shape index (κ3) is 2.29. The van der Waals surface area contributed by atoms with Crippen molar-refractivity contribution >= 4 is 17.4 Å². The van der Waals surface area contributed by atoms with E-state index in [4.69, 9.17) is 15.9 Å². The zero-order chi connectivity index (χ0) is 10.7. The van der Waals surface area contributed by atoms with Crippen LogP contribution in [0.4, 0.5) is 0 Å². The Morgan fingerprint density at radius 3 is 2.60 bits per heavy atom. The second-order valence-corrected chi connectivity index (χ2v) is 3.39. The second-order valence-electron chi connectivity index (χ2n) is 2.78. The molecule has 0 unspecified atom stereocenters. The predicted octanol–water partition coefficient (Wildman–Crippen LogP) is 1.61. The van der Waals surface area contributed by atoms with Crippen LogP contribution in [0, 0.1) is 5.41 Å². The van der Waals surface area contributed by atoms with Gasteiger partial charge in [0, 0.05) is 5.56 Å². The van der Waals surface area contributed by atoms with E-state index in [1.807, 2.05) is 0 Å². The average molecular weight is 220 g/mol. The number of amidine groups is 1. The van der Waals surface area contributed by atoms with E-state index in [-0.39, 0.29) is 5.84 Å². The Morgan fingerprint density at radius 2 is 2.07 bits per heavy atom. The molecule has 1 aromatic carbocycles. The zero-order valence-electron chi connectivity index (χ0n) is 7.68. The molecule has 0 amide bonds. The Morgan fingerprint density at radius 1 is 1.33 bits per heavy atom. The molecule has 76 valence electrons. The van der Waals surface area contributed by atoms with Crippen molar-refractivity contribution in [3.8, 4) is 11.6 Å². The summed E-state index contributed by atoms with van der Waals surface area (Å²) in [6.45, 7) is 0. The molecule has 5 nitrogen and oxygen atoms in total. The summed E-state index contributed by atoms with van der Waals surface area (Å²) in [6.07, 6.45) is 0. The Kier molecular flexibility index (Phi) is 2.59. The van der Waals surface area contributed by atoms with Gasteiger partial charge in [0.15, 0.2) is 0 Å². The summed E-state index contributed by atoms with van der Waals surface area (Å²) < 4.78 is 9.06. The van der Waals surface area contributed by atoms with Crippen molar-refractivity contribution in [2.45, 2.75) is 0 Å². The third-order valence-corrected chi connectivity index (χ3v) is 2.21. The first-order valence-corrected chi connectivity index (χ1v) is 4.99. The summed E-state index contributed by atoms with van der Waals surface area (Å²) in [4.78, 5) is 0. The summed E-state index contributed by atoms with van der Waals surface area (Å²) in [5.74, 6) is 1.15. The standard InChI is InChI=1S/C9H8N4OS/c10-9(11)6-1-3-7(4-2-6)14-8-5-15-13-12-8/h1-5H,(H3,10,11). The molecule has 0 radical (unpaired) electrons. The number of nitrogens with one attached hydrogen (secondary N) is 1. The molecule has 0 spiro atoms. The fourth-order valence-corrected chi connectivity index (χ4v) is 1.38. The number of nitrogens with zero attached hydrogens (tertiary/aromatic N) is 2. The molecule has 0 bridgehead atoms. The number of hydrogen-bond donors (Lipinski definition) is 2. The normalized spacial score (nSPS) is 9.87. The summed E-state index contributed by atoms with van der Waals surface area (Å²) >= 11 is 1.23. The topological polar surface area (TPSA) is 84.9 Å². The van der Waals surface area contributed by atoms with Crippen molar-refractivity contribution in [1.82, 2.24) is 9.59 Å². The number of benzene rings is 1. The van der Waals surface area contributed by atoms with E-state index >= 15 is 0 Å². The van der Waals surface area contributed by atoms with E-state index in [0.29, 0.717) is 17.2 Å². The maximum Gasteiger partial charge on any atom is 0.251 e. The van der Waals surface area contributed by atoms with Crippen molar-refractivity contribution in [3.63, 3.8) is 0 Å². The van der Waals surface area contributed by atoms with Gasteiger partial charge in [-0.05, 0) is 35.8 Å². The van der Waals surface area contributed by atoms with Crippen molar-refractivity contribution in [3.05, 3.63) is 35.2 Å². The molecular formula is C9H8N4OS. The van der Waals surface area contributed by atoms with Gasteiger partial charge in [-0.1, -0.05) is 9.59 Å². The van der Waals surface area contributed by atoms with Gasteiger partial charge in [-0.3, -0.25) is 5.41 Å². The van der Waals surface area contributed by atoms with Crippen LogP contribution in [-0.4, -0.2) is 15.4 Å². The predicted molar refractivity (Wildman–Crippen MR) is 57.4 cm³/mol. The lowest BCUT2D eigenvalue weighted by atomic mass is 10.2. The van der Waals surface area contributed by atoms with E-state index in [2.05, 4.69) is 9.59 Å². The minimum Gasteiger partial charge on any atom is -0.437 e. The molecule has 0 atom stereocenters. The molecule has 2 aromatic rings. The van der Waals surface area contributed by atoms with Gasteiger partial charge >= 0.3 is 0 Å². The Hall–Kier alpha value is -1.95. The van der Waals surface area contributed by atoms with Gasteiger partial charge in [0.1, 0.15) is 11.6 Å². The first-order valence-electron chi connectivity index (χ1n) is 4.15. The molecule has 0 saturated carbocycles. The molecule has 0 saturated heterocycles. The zero-order valence-corrected chi connectivity index (χ0v) is 8.49. The molecule has 6 heteroatoms. The van der Waals surface area contributed by atoms with E-state index in [1.54, 1.807) is 29.6 Å². The second kappa shape index (κ2) is 4.05. The van der Waals surface area contributed by atoms with E-state index in [9.17, 15) is 0 Å². The van der Waals surface area contributed by atoms with Crippen LogP contribution in [0.1, 0.15) is 5.56 Å². The highest BCUT2D eigenvalue weighted by Gasteiger charge is 2.00. The fourth-order valence-electron chi connectivity index (χ4n) is 1.02. The van der Waals surface area contributed by atoms with E-state index < -0.39 is 0 Å². The number of nitrogens with two attached hydrogens (primary N) is 1. The number of rotatable bonds is 3. The van der Waals surface area contributed by atoms with Gasteiger partial charge in [0.2, 0.25) is 0 Å². The van der Waals surface area contributed by atoms with Crippen LogP contribution in [-0.2, 0) is 0 Å². The lowest BCUT2D eigenvalue weighted by Crippen LogP contribution is -2.10. The molecular weight excluding hydrogens is 212 g/mol. The molecule has 0 aliphatic carbocycles. The molecule has 1 aromatic heterocycles. The Bertz CT molecular complexity index is 451. The fraction of sp³-hybridized carbons (Fsp3) is 0. The summed E-state index contributed by atoms with van der Waals surface area (Å²) in [5, 5.41) is 12.7. The quantitative estimate of drug-likeness (QED) is 0.608. The van der Waals surface area contributed by atoms with E-state index in [1.165, 1.54) is 11.5 Å². The minimum absolute atomic E-state index is 0.0388. The first-order chi connectivity index (χ1) is 7.25. The maximum absolute atomic E-state index is 7.22. The van der Waals surface area contributed by atoms with Gasteiger partial charge in [-0.2, -0.15) is 0 Å². The summed E-state index contributed by atoms with van der Waals surface area (Å²) in [6, 6.07) is 6.90. The first kappa shape index (κ1) is 9.60. The molecule has 2 rings (SSSR count). The van der Waals surface area contributed by atoms with Crippen LogP contribution < -0.4 is 10.5 Å². The highest BCUT2D eigenvalue weighted by Crippen LogP contribution is 2.19. The average Bonchev–Trinajstić information content (AvgIpc) is 2.71. The highest BCUT2D eigenvalue weighted by molar-refractivity contribution is 7.03. The van der Waals surface area contributed by atoms with Crippen molar-refractivity contribution in [2.24, 2.45) is 5.73 Å². The minimum atomic E-state index is 0.0388. The molecule has 0 aliphatic heterocycles. The van der Waals surface area contributed by atoms with Gasteiger partial charge in [0.05, 0.1) is 5.38 Å². The smallest absolute Gasteiger partial charge is 0.251 e. The number of aromatic nitrogens is 2. The van der Waals surface area contributed by atoms with Crippen LogP contribution in [0.5, 0.6) is 11.6 Å². The molecule has 3 N–H and O–H groups in total. The maximum atomic E-state index is 7.22. The third-order valence-electron chi connectivity index (χ3n) is 1.73.